The lowest BCUT2D eigenvalue weighted by Gasteiger charge is -2.17. The molecule has 1 heterocycles. The SMILES string of the molecule is CN(CCC#N)c1nc(Cl)ncc1N. The van der Waals surface area contributed by atoms with Crippen LogP contribution in [0.25, 0.3) is 0 Å². The van der Waals surface area contributed by atoms with Gasteiger partial charge in [0.2, 0.25) is 5.28 Å². The molecule has 0 spiro atoms. The van der Waals surface area contributed by atoms with E-state index in [4.69, 9.17) is 22.6 Å². The number of aromatic nitrogens is 2. The molecule has 0 atom stereocenters. The lowest BCUT2D eigenvalue weighted by molar-refractivity contribution is 0.881. The Kier molecular flexibility index (Phi) is 3.48. The summed E-state index contributed by atoms with van der Waals surface area (Å²) < 4.78 is 0. The van der Waals surface area contributed by atoms with E-state index in [9.17, 15) is 0 Å². The summed E-state index contributed by atoms with van der Waals surface area (Å²) in [6, 6.07) is 2.04. The molecule has 1 rings (SSSR count). The molecule has 0 aliphatic rings. The van der Waals surface area contributed by atoms with E-state index in [0.29, 0.717) is 24.5 Å². The minimum absolute atomic E-state index is 0.151. The van der Waals surface area contributed by atoms with E-state index in [0.717, 1.165) is 0 Å². The Morgan fingerprint density at radius 1 is 1.71 bits per heavy atom. The summed E-state index contributed by atoms with van der Waals surface area (Å²) in [5, 5.41) is 8.57. The zero-order valence-corrected chi connectivity index (χ0v) is 8.49. The Hall–Kier alpha value is -1.54. The predicted molar refractivity (Wildman–Crippen MR) is 55.0 cm³/mol. The van der Waals surface area contributed by atoms with Crippen molar-refractivity contribution in [3.63, 3.8) is 0 Å². The highest BCUT2D eigenvalue weighted by Gasteiger charge is 2.07. The van der Waals surface area contributed by atoms with Crippen LogP contribution in [0, 0.1) is 11.3 Å². The number of halogens is 1. The quantitative estimate of drug-likeness (QED) is 0.757. The first-order chi connectivity index (χ1) is 6.65. The van der Waals surface area contributed by atoms with Crippen molar-refractivity contribution in [1.29, 1.82) is 5.26 Å². The molecular formula is C8H10ClN5. The van der Waals surface area contributed by atoms with Crippen molar-refractivity contribution in [1.82, 2.24) is 9.97 Å². The summed E-state index contributed by atoms with van der Waals surface area (Å²) in [4.78, 5) is 9.48. The molecule has 0 amide bonds. The monoisotopic (exact) mass is 211 g/mol. The van der Waals surface area contributed by atoms with Gasteiger partial charge in [0, 0.05) is 13.6 Å². The Bertz CT molecular complexity index is 359. The summed E-state index contributed by atoms with van der Waals surface area (Å²) in [5.74, 6) is 0.556. The summed E-state index contributed by atoms with van der Waals surface area (Å²) in [5.41, 5.74) is 6.11. The average molecular weight is 212 g/mol. The molecule has 74 valence electrons. The van der Waals surface area contributed by atoms with Gasteiger partial charge in [-0.15, -0.1) is 0 Å². The van der Waals surface area contributed by atoms with Gasteiger partial charge in [-0.2, -0.15) is 10.2 Å². The maximum atomic E-state index is 8.42. The molecule has 14 heavy (non-hydrogen) atoms. The molecular weight excluding hydrogens is 202 g/mol. The molecule has 0 radical (unpaired) electrons. The van der Waals surface area contributed by atoms with Gasteiger partial charge >= 0.3 is 0 Å². The van der Waals surface area contributed by atoms with Gasteiger partial charge < -0.3 is 10.6 Å². The Morgan fingerprint density at radius 3 is 3.07 bits per heavy atom. The molecule has 0 saturated carbocycles. The van der Waals surface area contributed by atoms with Gasteiger partial charge in [-0.05, 0) is 11.6 Å². The summed E-state index contributed by atoms with van der Waals surface area (Å²) >= 11 is 5.63. The van der Waals surface area contributed by atoms with Crippen LogP contribution in [0.5, 0.6) is 0 Å². The lowest BCUT2D eigenvalue weighted by atomic mass is 10.4. The average Bonchev–Trinajstić information content (AvgIpc) is 2.18. The van der Waals surface area contributed by atoms with Gasteiger partial charge in [0.15, 0.2) is 5.82 Å². The predicted octanol–water partition coefficient (Wildman–Crippen LogP) is 1.06. The van der Waals surface area contributed by atoms with E-state index in [1.54, 1.807) is 11.9 Å². The first kappa shape index (κ1) is 10.5. The second kappa shape index (κ2) is 4.63. The number of hydrogen-bond acceptors (Lipinski definition) is 5. The van der Waals surface area contributed by atoms with Crippen LogP contribution in [-0.2, 0) is 0 Å². The van der Waals surface area contributed by atoms with Crippen LogP contribution in [0.15, 0.2) is 6.20 Å². The smallest absolute Gasteiger partial charge is 0.224 e. The molecule has 0 aliphatic heterocycles. The molecule has 0 bridgehead atoms. The summed E-state index contributed by atoms with van der Waals surface area (Å²) in [6.07, 6.45) is 1.87. The zero-order chi connectivity index (χ0) is 10.6. The maximum absolute atomic E-state index is 8.42. The van der Waals surface area contributed by atoms with Crippen molar-refractivity contribution in [2.75, 3.05) is 24.2 Å². The number of nitrogens with two attached hydrogens (primary N) is 1. The number of hydrogen-bond donors (Lipinski definition) is 1. The minimum atomic E-state index is 0.151. The van der Waals surface area contributed by atoms with Gasteiger partial charge in [0.1, 0.15) is 0 Å². The Labute approximate surface area is 87.1 Å². The molecule has 6 heteroatoms. The third-order valence-electron chi connectivity index (χ3n) is 1.69. The summed E-state index contributed by atoms with van der Waals surface area (Å²) in [6.45, 7) is 0.564. The van der Waals surface area contributed by atoms with Crippen LogP contribution in [0.4, 0.5) is 11.5 Å². The Morgan fingerprint density at radius 2 is 2.43 bits per heavy atom. The molecule has 0 aliphatic carbocycles. The van der Waals surface area contributed by atoms with Crippen molar-refractivity contribution >= 4 is 23.1 Å². The van der Waals surface area contributed by atoms with Crippen molar-refractivity contribution in [3.8, 4) is 6.07 Å². The molecule has 0 unspecified atom stereocenters. The third-order valence-corrected chi connectivity index (χ3v) is 1.87. The van der Waals surface area contributed by atoms with Crippen molar-refractivity contribution in [2.24, 2.45) is 0 Å². The number of anilines is 2. The fraction of sp³-hybridized carbons (Fsp3) is 0.375. The molecule has 1 aromatic rings. The second-order valence-corrected chi connectivity index (χ2v) is 3.09. The van der Waals surface area contributed by atoms with Crippen LogP contribution >= 0.6 is 11.6 Å². The van der Waals surface area contributed by atoms with Gasteiger partial charge in [-0.3, -0.25) is 0 Å². The maximum Gasteiger partial charge on any atom is 0.224 e. The van der Waals surface area contributed by atoms with Crippen LogP contribution in [-0.4, -0.2) is 23.6 Å². The molecule has 0 saturated heterocycles. The van der Waals surface area contributed by atoms with Gasteiger partial charge in [0.05, 0.1) is 24.4 Å². The van der Waals surface area contributed by atoms with Crippen molar-refractivity contribution in [3.05, 3.63) is 11.5 Å². The van der Waals surface area contributed by atoms with Crippen molar-refractivity contribution in [2.45, 2.75) is 6.42 Å². The molecule has 0 aromatic carbocycles. The van der Waals surface area contributed by atoms with E-state index >= 15 is 0 Å². The van der Waals surface area contributed by atoms with Crippen LogP contribution < -0.4 is 10.6 Å². The highest BCUT2D eigenvalue weighted by Crippen LogP contribution is 2.19. The van der Waals surface area contributed by atoms with E-state index in [1.807, 2.05) is 6.07 Å². The first-order valence-electron chi connectivity index (χ1n) is 4.01. The molecule has 2 N–H and O–H groups in total. The van der Waals surface area contributed by atoms with Crippen LogP contribution in [0.1, 0.15) is 6.42 Å². The first-order valence-corrected chi connectivity index (χ1v) is 4.39. The number of nitriles is 1. The van der Waals surface area contributed by atoms with Crippen molar-refractivity contribution < 1.29 is 0 Å². The zero-order valence-electron chi connectivity index (χ0n) is 7.74. The molecule has 0 fully saturated rings. The highest BCUT2D eigenvalue weighted by molar-refractivity contribution is 6.28. The minimum Gasteiger partial charge on any atom is -0.394 e. The largest absolute Gasteiger partial charge is 0.394 e. The topological polar surface area (TPSA) is 78.8 Å². The normalized spacial score (nSPS) is 9.50. The van der Waals surface area contributed by atoms with E-state index in [1.165, 1.54) is 6.20 Å². The Balaban J connectivity index is 2.83. The van der Waals surface area contributed by atoms with E-state index in [2.05, 4.69) is 9.97 Å². The van der Waals surface area contributed by atoms with E-state index in [-0.39, 0.29) is 5.28 Å². The highest BCUT2D eigenvalue weighted by atomic mass is 35.5. The molecule has 1 aromatic heterocycles. The lowest BCUT2D eigenvalue weighted by Crippen LogP contribution is -2.21. The fourth-order valence-electron chi connectivity index (χ4n) is 0.991. The third kappa shape index (κ3) is 2.47. The number of nitrogen functional groups attached to an aromatic ring is 1. The standard InChI is InChI=1S/C8H10ClN5/c1-14(4-2-3-10)7-6(11)5-12-8(9)13-7/h5H,2,4,11H2,1H3. The molecule has 5 nitrogen and oxygen atoms in total. The van der Waals surface area contributed by atoms with Gasteiger partial charge in [-0.25, -0.2) is 4.98 Å². The van der Waals surface area contributed by atoms with Crippen LogP contribution in [0.2, 0.25) is 5.28 Å². The summed E-state index contributed by atoms with van der Waals surface area (Å²) in [7, 11) is 1.80. The fourth-order valence-corrected chi connectivity index (χ4v) is 1.12. The van der Waals surface area contributed by atoms with Gasteiger partial charge in [0.25, 0.3) is 0 Å². The number of nitrogens with zero attached hydrogens (tertiary/aromatic N) is 4. The van der Waals surface area contributed by atoms with Crippen LogP contribution in [0.3, 0.4) is 0 Å². The van der Waals surface area contributed by atoms with Gasteiger partial charge in [-0.1, -0.05) is 0 Å². The number of rotatable bonds is 3. The second-order valence-electron chi connectivity index (χ2n) is 2.75. The van der Waals surface area contributed by atoms with E-state index < -0.39 is 0 Å².